The molecule has 0 bridgehead atoms. The molecule has 36 heavy (non-hydrogen) atoms. The fourth-order valence-corrected chi connectivity index (χ4v) is 8.62. The second-order valence-electron chi connectivity index (χ2n) is 11.8. The Labute approximate surface area is 213 Å². The quantitative estimate of drug-likeness (QED) is 0.467. The predicted molar refractivity (Wildman–Crippen MR) is 133 cm³/mol. The van der Waals surface area contributed by atoms with Crippen molar-refractivity contribution < 1.29 is 28.9 Å². The topological polar surface area (TPSA) is 94.3 Å². The monoisotopic (exact) mass is 501 g/mol. The van der Waals surface area contributed by atoms with Crippen LogP contribution >= 0.6 is 0 Å². The minimum atomic E-state index is -0.832. The molecule has 2 heterocycles. The molecule has 198 valence electrons. The highest BCUT2D eigenvalue weighted by Crippen LogP contribution is 2.70. The molecule has 9 nitrogen and oxygen atoms in total. The van der Waals surface area contributed by atoms with Crippen LogP contribution in [0.1, 0.15) is 46.0 Å². The molecule has 0 radical (unpaired) electrons. The van der Waals surface area contributed by atoms with E-state index in [4.69, 9.17) is 34.0 Å². The van der Waals surface area contributed by atoms with Crippen molar-refractivity contribution in [2.24, 2.45) is 38.8 Å². The Bertz CT molecular complexity index is 1010. The standard InChI is InChI=1S/C27H39N3O6/c1-24-9-7-19(29-36-12-11-31)13-18(24)5-6-20-21-8-10-26(27(35-17-33-26)15-32-16-34-27)25(21,2)14-22(23(20)24)28-30(3)4/h7,9,13,20-21,23,31H,5-6,8,10-12,14-17H2,1-4H3/b28-22+,29-19+/t20-,21-,23+,24-,25-,26+,27?/m0/s1. The van der Waals surface area contributed by atoms with Gasteiger partial charge in [0, 0.05) is 36.6 Å². The van der Waals surface area contributed by atoms with Crippen LogP contribution in [0.4, 0.5) is 0 Å². The van der Waals surface area contributed by atoms with Crippen LogP contribution < -0.4 is 0 Å². The van der Waals surface area contributed by atoms with E-state index in [9.17, 15) is 0 Å². The van der Waals surface area contributed by atoms with Gasteiger partial charge in [-0.3, -0.25) is 0 Å². The van der Waals surface area contributed by atoms with E-state index in [1.165, 1.54) is 11.3 Å². The van der Waals surface area contributed by atoms with E-state index >= 15 is 0 Å². The highest BCUT2D eigenvalue weighted by atomic mass is 16.9. The number of oxime groups is 1. The minimum absolute atomic E-state index is 0.0439. The summed E-state index contributed by atoms with van der Waals surface area (Å²) in [5.41, 5.74) is 2.56. The van der Waals surface area contributed by atoms with Crippen LogP contribution in [0.25, 0.3) is 0 Å². The molecule has 9 heteroatoms. The van der Waals surface area contributed by atoms with Crippen molar-refractivity contribution in [2.45, 2.75) is 57.3 Å². The summed E-state index contributed by atoms with van der Waals surface area (Å²) in [6, 6.07) is 0. The molecule has 7 atom stereocenters. The third kappa shape index (κ3) is 3.26. The number of aliphatic hydroxyl groups excluding tert-OH is 1. The van der Waals surface area contributed by atoms with Gasteiger partial charge in [0.05, 0.1) is 6.61 Å². The fraction of sp³-hybridized carbons (Fsp3) is 0.778. The van der Waals surface area contributed by atoms with Gasteiger partial charge in [-0.05, 0) is 56.1 Å². The van der Waals surface area contributed by atoms with E-state index < -0.39 is 11.4 Å². The summed E-state index contributed by atoms with van der Waals surface area (Å²) < 4.78 is 24.6. The summed E-state index contributed by atoms with van der Waals surface area (Å²) in [5.74, 6) is 0.409. The molecule has 6 aliphatic rings. The van der Waals surface area contributed by atoms with Crippen molar-refractivity contribution in [2.75, 3.05) is 47.5 Å². The number of allylic oxidation sites excluding steroid dienone is 4. The maximum atomic E-state index is 9.02. The Kier molecular flexibility index (Phi) is 5.88. The van der Waals surface area contributed by atoms with Crippen LogP contribution in [0.15, 0.2) is 34.1 Å². The molecule has 2 saturated heterocycles. The smallest absolute Gasteiger partial charge is 0.226 e. The van der Waals surface area contributed by atoms with Crippen LogP contribution in [0, 0.1) is 28.6 Å². The first-order valence-electron chi connectivity index (χ1n) is 13.2. The summed E-state index contributed by atoms with van der Waals surface area (Å²) in [6.45, 7) is 5.81. The Morgan fingerprint density at radius 1 is 1.17 bits per heavy atom. The second-order valence-corrected chi connectivity index (χ2v) is 11.8. The van der Waals surface area contributed by atoms with Gasteiger partial charge in [-0.1, -0.05) is 30.7 Å². The summed E-state index contributed by atoms with van der Waals surface area (Å²) >= 11 is 0. The molecule has 0 amide bonds. The molecular formula is C27H39N3O6. The molecule has 5 fully saturated rings. The van der Waals surface area contributed by atoms with Crippen LogP contribution in [-0.4, -0.2) is 80.4 Å². The van der Waals surface area contributed by atoms with E-state index in [1.807, 2.05) is 19.1 Å². The minimum Gasteiger partial charge on any atom is -0.393 e. The summed E-state index contributed by atoms with van der Waals surface area (Å²) in [5, 5.41) is 20.3. The van der Waals surface area contributed by atoms with Gasteiger partial charge in [-0.25, -0.2) is 0 Å². The number of rotatable bonds is 4. The fourth-order valence-electron chi connectivity index (χ4n) is 8.62. The maximum absolute atomic E-state index is 9.02. The van der Waals surface area contributed by atoms with Crippen molar-refractivity contribution in [3.05, 3.63) is 23.8 Å². The number of nitrogens with zero attached hydrogens (tertiary/aromatic N) is 3. The zero-order valence-electron chi connectivity index (χ0n) is 21.9. The first kappa shape index (κ1) is 24.6. The van der Waals surface area contributed by atoms with Crippen molar-refractivity contribution in [1.29, 1.82) is 0 Å². The average molecular weight is 502 g/mol. The molecule has 0 aromatic heterocycles. The molecule has 4 aliphatic carbocycles. The lowest BCUT2D eigenvalue weighted by atomic mass is 9.46. The third-order valence-electron chi connectivity index (χ3n) is 9.97. The second kappa shape index (κ2) is 8.63. The lowest BCUT2D eigenvalue weighted by molar-refractivity contribution is -0.242. The number of hydrogen-bond acceptors (Lipinski definition) is 9. The van der Waals surface area contributed by atoms with Gasteiger partial charge in [0.2, 0.25) is 5.79 Å². The van der Waals surface area contributed by atoms with Crippen molar-refractivity contribution >= 4 is 11.4 Å². The van der Waals surface area contributed by atoms with E-state index in [2.05, 4.69) is 37.2 Å². The lowest BCUT2D eigenvalue weighted by Crippen LogP contribution is -2.65. The van der Waals surface area contributed by atoms with Gasteiger partial charge in [0.25, 0.3) is 0 Å². The number of aliphatic hydroxyl groups is 1. The van der Waals surface area contributed by atoms with Crippen LogP contribution in [-0.2, 0) is 23.8 Å². The molecule has 3 saturated carbocycles. The molecule has 1 N–H and O–H groups in total. The molecule has 0 aromatic carbocycles. The zero-order chi connectivity index (χ0) is 25.2. The normalized spacial score (nSPS) is 47.4. The van der Waals surface area contributed by atoms with Gasteiger partial charge < -0.3 is 33.9 Å². The van der Waals surface area contributed by atoms with Gasteiger partial charge >= 0.3 is 0 Å². The molecular weight excluding hydrogens is 462 g/mol. The first-order valence-corrected chi connectivity index (χ1v) is 13.2. The molecule has 2 spiro atoms. The Hall–Kier alpha value is -1.78. The van der Waals surface area contributed by atoms with Gasteiger partial charge in [-0.15, -0.1) is 0 Å². The van der Waals surface area contributed by atoms with Crippen molar-refractivity contribution in [3.8, 4) is 0 Å². The van der Waals surface area contributed by atoms with Gasteiger partial charge in [-0.2, -0.15) is 5.10 Å². The average Bonchev–Trinajstić information content (AvgIpc) is 3.53. The highest BCUT2D eigenvalue weighted by Gasteiger charge is 2.76. The largest absolute Gasteiger partial charge is 0.393 e. The predicted octanol–water partition coefficient (Wildman–Crippen LogP) is 3.06. The Morgan fingerprint density at radius 3 is 2.75 bits per heavy atom. The van der Waals surface area contributed by atoms with Crippen LogP contribution in [0.2, 0.25) is 0 Å². The molecule has 2 aliphatic heterocycles. The first-order chi connectivity index (χ1) is 17.3. The number of hydrogen-bond donors (Lipinski definition) is 1. The number of hydrazone groups is 1. The van der Waals surface area contributed by atoms with E-state index in [-0.39, 0.29) is 37.6 Å². The summed E-state index contributed by atoms with van der Waals surface area (Å²) in [4.78, 5) is 5.25. The van der Waals surface area contributed by atoms with Crippen molar-refractivity contribution in [3.63, 3.8) is 0 Å². The summed E-state index contributed by atoms with van der Waals surface area (Å²) in [6.07, 6.45) is 11.5. The molecule has 0 aromatic rings. The molecule has 6 rings (SSSR count). The van der Waals surface area contributed by atoms with E-state index in [1.54, 1.807) is 0 Å². The van der Waals surface area contributed by atoms with E-state index in [0.717, 1.165) is 37.8 Å². The SMILES string of the molecule is CN(C)/N=C1\C[C@@]2(C)[C@@H](CC[C@@]23OCOC32COCO2)[C@@H]2CCC3=C/C(=N/OCCO)C=C[C@]3(C)[C@@H]12. The Morgan fingerprint density at radius 2 is 2.00 bits per heavy atom. The van der Waals surface area contributed by atoms with Gasteiger partial charge in [0.1, 0.15) is 24.5 Å². The molecule has 1 unspecified atom stereocenters. The zero-order valence-corrected chi connectivity index (χ0v) is 21.9. The van der Waals surface area contributed by atoms with Crippen LogP contribution in [0.5, 0.6) is 0 Å². The third-order valence-corrected chi connectivity index (χ3v) is 9.97. The van der Waals surface area contributed by atoms with Gasteiger partial charge in [0.15, 0.2) is 13.6 Å². The maximum Gasteiger partial charge on any atom is 0.226 e. The number of ether oxygens (including phenoxy) is 4. The number of fused-ring (bicyclic) bond motifs is 7. The Balaban J connectivity index is 1.40. The van der Waals surface area contributed by atoms with E-state index in [0.29, 0.717) is 24.4 Å². The lowest BCUT2D eigenvalue weighted by Gasteiger charge is -2.59. The van der Waals surface area contributed by atoms with Crippen molar-refractivity contribution in [1.82, 2.24) is 5.01 Å². The van der Waals surface area contributed by atoms with Crippen LogP contribution in [0.3, 0.4) is 0 Å². The highest BCUT2D eigenvalue weighted by molar-refractivity contribution is 6.06. The summed E-state index contributed by atoms with van der Waals surface area (Å²) in [7, 11) is 4.01.